The fraction of sp³-hybridized carbons (Fsp3) is 0.167. The summed E-state index contributed by atoms with van der Waals surface area (Å²) in [7, 11) is 0. The van der Waals surface area contributed by atoms with Gasteiger partial charge in [0.2, 0.25) is 5.91 Å². The molecule has 0 atom stereocenters. The molecule has 0 aliphatic rings. The molecule has 1 rings (SSSR count). The first-order valence-electron chi connectivity index (χ1n) is 2.97. The highest BCUT2D eigenvalue weighted by Crippen LogP contribution is 2.26. The van der Waals surface area contributed by atoms with E-state index in [1.807, 2.05) is 12.1 Å². The maximum absolute atomic E-state index is 10.7. The summed E-state index contributed by atoms with van der Waals surface area (Å²) in [5.41, 5.74) is 5.11. The van der Waals surface area contributed by atoms with Crippen molar-refractivity contribution in [3.63, 3.8) is 0 Å². The number of amides is 1. The molecule has 5 heteroatoms. The third-order valence-corrected chi connectivity index (χ3v) is 2.56. The van der Waals surface area contributed by atoms with Gasteiger partial charge >= 0.3 is 0 Å². The molecule has 3 N–H and O–H groups in total. The molecule has 0 aromatic carbocycles. The molecular formula is C6H7BrN2OS. The van der Waals surface area contributed by atoms with Crippen LogP contribution < -0.4 is 11.1 Å². The average Bonchev–Trinajstić information content (AvgIpc) is 2.35. The minimum Gasteiger partial charge on any atom is -0.322 e. The number of nitrogens with one attached hydrogen (secondary N) is 1. The maximum Gasteiger partial charge on any atom is 0.238 e. The van der Waals surface area contributed by atoms with Crippen LogP contribution in [-0.4, -0.2) is 12.5 Å². The van der Waals surface area contributed by atoms with Crippen LogP contribution in [0.2, 0.25) is 0 Å². The standard InChI is InChI=1S/C6H7BrN2OS/c7-4-1-2-6(11-4)9-5(10)3-8/h1-2H,3,8H2,(H,9,10). The number of anilines is 1. The van der Waals surface area contributed by atoms with E-state index < -0.39 is 0 Å². The third kappa shape index (κ3) is 2.61. The van der Waals surface area contributed by atoms with Gasteiger partial charge in [0.1, 0.15) is 0 Å². The van der Waals surface area contributed by atoms with E-state index in [9.17, 15) is 4.79 Å². The van der Waals surface area contributed by atoms with E-state index in [-0.39, 0.29) is 12.5 Å². The number of hydrogen-bond acceptors (Lipinski definition) is 3. The number of rotatable bonds is 2. The molecule has 1 amide bonds. The molecule has 0 saturated heterocycles. The first-order valence-corrected chi connectivity index (χ1v) is 4.58. The van der Waals surface area contributed by atoms with Crippen molar-refractivity contribution < 1.29 is 4.79 Å². The molecule has 0 spiro atoms. The highest BCUT2D eigenvalue weighted by Gasteiger charge is 2.00. The summed E-state index contributed by atoms with van der Waals surface area (Å²) in [5, 5.41) is 3.45. The fourth-order valence-corrected chi connectivity index (χ4v) is 1.87. The van der Waals surface area contributed by atoms with Gasteiger partial charge in [-0.25, -0.2) is 0 Å². The number of nitrogens with two attached hydrogens (primary N) is 1. The van der Waals surface area contributed by atoms with Crippen molar-refractivity contribution in [2.45, 2.75) is 0 Å². The molecule has 0 saturated carbocycles. The molecule has 0 radical (unpaired) electrons. The molecular weight excluding hydrogens is 228 g/mol. The maximum atomic E-state index is 10.7. The molecule has 0 unspecified atom stereocenters. The molecule has 1 aromatic rings. The van der Waals surface area contributed by atoms with Crippen molar-refractivity contribution in [3.8, 4) is 0 Å². The molecule has 11 heavy (non-hydrogen) atoms. The zero-order valence-corrected chi connectivity index (χ0v) is 8.04. The van der Waals surface area contributed by atoms with Gasteiger partial charge in [-0.1, -0.05) is 0 Å². The van der Waals surface area contributed by atoms with Crippen LogP contribution in [0.15, 0.2) is 15.9 Å². The second-order valence-electron chi connectivity index (χ2n) is 1.86. The van der Waals surface area contributed by atoms with Gasteiger partial charge in [-0.15, -0.1) is 11.3 Å². The molecule has 3 nitrogen and oxygen atoms in total. The monoisotopic (exact) mass is 234 g/mol. The predicted octanol–water partition coefficient (Wildman–Crippen LogP) is 1.41. The summed E-state index contributed by atoms with van der Waals surface area (Å²) in [5.74, 6) is -0.167. The minimum absolute atomic E-state index is 0.0233. The number of hydrogen-bond donors (Lipinski definition) is 2. The van der Waals surface area contributed by atoms with Crippen LogP contribution in [0.5, 0.6) is 0 Å². The summed E-state index contributed by atoms with van der Waals surface area (Å²) in [4.78, 5) is 10.7. The number of thiophene rings is 1. The summed E-state index contributed by atoms with van der Waals surface area (Å²) < 4.78 is 0.991. The largest absolute Gasteiger partial charge is 0.322 e. The van der Waals surface area contributed by atoms with Crippen molar-refractivity contribution >= 4 is 38.2 Å². The second kappa shape index (κ2) is 3.85. The van der Waals surface area contributed by atoms with E-state index >= 15 is 0 Å². The van der Waals surface area contributed by atoms with Crippen molar-refractivity contribution in [3.05, 3.63) is 15.9 Å². The highest BCUT2D eigenvalue weighted by molar-refractivity contribution is 9.11. The van der Waals surface area contributed by atoms with Crippen LogP contribution >= 0.6 is 27.3 Å². The quantitative estimate of drug-likeness (QED) is 0.814. The summed E-state index contributed by atoms with van der Waals surface area (Å²) in [6, 6.07) is 3.69. The topological polar surface area (TPSA) is 55.1 Å². The Kier molecular flexibility index (Phi) is 3.04. The van der Waals surface area contributed by atoms with Gasteiger partial charge < -0.3 is 11.1 Å². The van der Waals surface area contributed by atoms with Gasteiger partial charge in [0, 0.05) is 0 Å². The molecule has 0 bridgehead atoms. The van der Waals surface area contributed by atoms with E-state index in [2.05, 4.69) is 21.2 Å². The van der Waals surface area contributed by atoms with E-state index in [0.29, 0.717) is 0 Å². The van der Waals surface area contributed by atoms with Gasteiger partial charge in [-0.2, -0.15) is 0 Å². The van der Waals surface area contributed by atoms with Gasteiger partial charge in [0.25, 0.3) is 0 Å². The Bertz CT molecular complexity index is 261. The first kappa shape index (κ1) is 8.70. The molecule has 60 valence electrons. The van der Waals surface area contributed by atoms with E-state index in [4.69, 9.17) is 5.73 Å². The Hall–Kier alpha value is -0.390. The molecule has 0 aliphatic heterocycles. The van der Waals surface area contributed by atoms with Crippen LogP contribution in [0.25, 0.3) is 0 Å². The molecule has 1 heterocycles. The smallest absolute Gasteiger partial charge is 0.238 e. The first-order chi connectivity index (χ1) is 5.22. The zero-order chi connectivity index (χ0) is 8.27. The predicted molar refractivity (Wildman–Crippen MR) is 49.7 cm³/mol. The van der Waals surface area contributed by atoms with Gasteiger partial charge in [0.05, 0.1) is 15.3 Å². The summed E-state index contributed by atoms with van der Waals surface area (Å²) in [6.07, 6.45) is 0. The SMILES string of the molecule is NCC(=O)Nc1ccc(Br)s1. The van der Waals surface area contributed by atoms with Crippen LogP contribution in [-0.2, 0) is 4.79 Å². The lowest BCUT2D eigenvalue weighted by Gasteiger charge is -1.96. The Morgan fingerprint density at radius 2 is 2.45 bits per heavy atom. The van der Waals surface area contributed by atoms with Crippen LogP contribution in [0, 0.1) is 0 Å². The Balaban J connectivity index is 2.57. The molecule has 0 fully saturated rings. The van der Waals surface area contributed by atoms with E-state index in [1.165, 1.54) is 11.3 Å². The van der Waals surface area contributed by atoms with Crippen molar-refractivity contribution in [2.75, 3.05) is 11.9 Å². The van der Waals surface area contributed by atoms with Crippen molar-refractivity contribution in [1.29, 1.82) is 0 Å². The number of halogens is 1. The summed E-state index contributed by atoms with van der Waals surface area (Å²) >= 11 is 4.74. The average molecular weight is 235 g/mol. The fourth-order valence-electron chi connectivity index (χ4n) is 0.570. The Morgan fingerprint density at radius 3 is 2.91 bits per heavy atom. The van der Waals surface area contributed by atoms with Gasteiger partial charge in [-0.3, -0.25) is 4.79 Å². The number of carbonyl (C=O) groups excluding carboxylic acids is 1. The van der Waals surface area contributed by atoms with Crippen molar-refractivity contribution in [1.82, 2.24) is 0 Å². The number of carbonyl (C=O) groups is 1. The molecule has 1 aromatic heterocycles. The highest BCUT2D eigenvalue weighted by atomic mass is 79.9. The van der Waals surface area contributed by atoms with Crippen LogP contribution in [0.3, 0.4) is 0 Å². The van der Waals surface area contributed by atoms with Crippen molar-refractivity contribution in [2.24, 2.45) is 5.73 Å². The van der Waals surface area contributed by atoms with Gasteiger partial charge in [-0.05, 0) is 28.1 Å². The molecule has 0 aliphatic carbocycles. The second-order valence-corrected chi connectivity index (χ2v) is 4.32. The van der Waals surface area contributed by atoms with E-state index in [0.717, 1.165) is 8.79 Å². The van der Waals surface area contributed by atoms with Crippen LogP contribution in [0.1, 0.15) is 0 Å². The van der Waals surface area contributed by atoms with Crippen LogP contribution in [0.4, 0.5) is 5.00 Å². The summed E-state index contributed by atoms with van der Waals surface area (Å²) in [6.45, 7) is 0.0233. The lowest BCUT2D eigenvalue weighted by Crippen LogP contribution is -2.21. The lowest BCUT2D eigenvalue weighted by atomic mass is 10.5. The Morgan fingerprint density at radius 1 is 1.73 bits per heavy atom. The lowest BCUT2D eigenvalue weighted by molar-refractivity contribution is -0.114. The minimum atomic E-state index is -0.167. The zero-order valence-electron chi connectivity index (χ0n) is 5.63. The van der Waals surface area contributed by atoms with E-state index in [1.54, 1.807) is 0 Å². The van der Waals surface area contributed by atoms with Gasteiger partial charge in [0.15, 0.2) is 0 Å². The normalized spacial score (nSPS) is 9.64. The third-order valence-electron chi connectivity index (χ3n) is 1.02. The Labute approximate surface area is 76.7 Å².